The number of anilines is 1. The van der Waals surface area contributed by atoms with Crippen LogP contribution in [-0.2, 0) is 9.53 Å². The molecule has 144 valence electrons. The highest BCUT2D eigenvalue weighted by Crippen LogP contribution is 2.41. The van der Waals surface area contributed by atoms with E-state index in [1.807, 2.05) is 20.8 Å². The van der Waals surface area contributed by atoms with Gasteiger partial charge in [0.25, 0.3) is 11.8 Å². The normalized spacial score (nSPS) is 15.7. The van der Waals surface area contributed by atoms with Crippen LogP contribution in [0.5, 0.6) is 5.75 Å². The highest BCUT2D eigenvalue weighted by Gasteiger charge is 2.41. The fourth-order valence-corrected chi connectivity index (χ4v) is 3.03. The van der Waals surface area contributed by atoms with Gasteiger partial charge in [-0.1, -0.05) is 11.6 Å². The molecule has 1 aromatic rings. The van der Waals surface area contributed by atoms with Crippen molar-refractivity contribution < 1.29 is 19.1 Å². The standard InChI is InChI=1S/C19H27ClN2O4/c1-6-25-9-7-8-22-15-10-13(17(23)21-12(2)3)14(20)11-16(15)26-19(4,5)18(22)24/h10-12H,6-9H2,1-5H3,(H,21,23). The molecule has 0 spiro atoms. The van der Waals surface area contributed by atoms with Crippen molar-refractivity contribution in [2.45, 2.75) is 52.7 Å². The van der Waals surface area contributed by atoms with Crippen molar-refractivity contribution in [3.63, 3.8) is 0 Å². The van der Waals surface area contributed by atoms with Gasteiger partial charge < -0.3 is 19.7 Å². The van der Waals surface area contributed by atoms with E-state index >= 15 is 0 Å². The molecule has 1 aliphatic heterocycles. The number of ether oxygens (including phenoxy) is 2. The van der Waals surface area contributed by atoms with E-state index < -0.39 is 5.60 Å². The molecule has 0 radical (unpaired) electrons. The molecule has 6 nitrogen and oxygen atoms in total. The number of carbonyl (C=O) groups is 2. The van der Waals surface area contributed by atoms with E-state index in [1.54, 1.807) is 30.9 Å². The molecule has 0 saturated heterocycles. The predicted molar refractivity (Wildman–Crippen MR) is 102 cm³/mol. The van der Waals surface area contributed by atoms with Crippen LogP contribution in [0.1, 0.15) is 51.4 Å². The van der Waals surface area contributed by atoms with Gasteiger partial charge in [-0.05, 0) is 47.1 Å². The minimum atomic E-state index is -0.996. The van der Waals surface area contributed by atoms with Gasteiger partial charge in [0.15, 0.2) is 5.60 Å². The lowest BCUT2D eigenvalue weighted by atomic mass is 10.0. The van der Waals surface area contributed by atoms with Crippen LogP contribution in [0.2, 0.25) is 5.02 Å². The molecular formula is C19H27ClN2O4. The first-order valence-corrected chi connectivity index (χ1v) is 9.28. The van der Waals surface area contributed by atoms with E-state index in [2.05, 4.69) is 5.32 Å². The van der Waals surface area contributed by atoms with Gasteiger partial charge in [-0.15, -0.1) is 0 Å². The van der Waals surface area contributed by atoms with Crippen molar-refractivity contribution in [3.05, 3.63) is 22.7 Å². The number of fused-ring (bicyclic) bond motifs is 1. The average molecular weight is 383 g/mol. The Labute approximate surface area is 159 Å². The number of amides is 2. The quantitative estimate of drug-likeness (QED) is 0.734. The van der Waals surface area contributed by atoms with Crippen molar-refractivity contribution in [1.82, 2.24) is 5.32 Å². The lowest BCUT2D eigenvalue weighted by Gasteiger charge is -2.39. The van der Waals surface area contributed by atoms with Gasteiger partial charge in [-0.25, -0.2) is 0 Å². The summed E-state index contributed by atoms with van der Waals surface area (Å²) < 4.78 is 11.2. The number of nitrogens with one attached hydrogen (secondary N) is 1. The molecule has 1 aliphatic rings. The van der Waals surface area contributed by atoms with Crippen molar-refractivity contribution in [3.8, 4) is 5.75 Å². The van der Waals surface area contributed by atoms with E-state index in [9.17, 15) is 9.59 Å². The zero-order chi connectivity index (χ0) is 19.5. The summed E-state index contributed by atoms with van der Waals surface area (Å²) in [5.74, 6) is 0.0653. The summed E-state index contributed by atoms with van der Waals surface area (Å²) in [6.45, 7) is 10.8. The molecule has 0 fully saturated rings. The smallest absolute Gasteiger partial charge is 0.270 e. The first-order chi connectivity index (χ1) is 12.2. The average Bonchev–Trinajstić information content (AvgIpc) is 2.53. The molecule has 0 bridgehead atoms. The van der Waals surface area contributed by atoms with Crippen molar-refractivity contribution in [1.29, 1.82) is 0 Å². The first-order valence-electron chi connectivity index (χ1n) is 8.90. The van der Waals surface area contributed by atoms with Gasteiger partial charge in [0.1, 0.15) is 5.75 Å². The van der Waals surface area contributed by atoms with Crippen LogP contribution in [0, 0.1) is 0 Å². The fraction of sp³-hybridized carbons (Fsp3) is 0.579. The molecule has 7 heteroatoms. The summed E-state index contributed by atoms with van der Waals surface area (Å²) in [5, 5.41) is 3.11. The Morgan fingerprint density at radius 1 is 1.38 bits per heavy atom. The molecule has 0 saturated carbocycles. The Bertz CT molecular complexity index is 688. The molecule has 0 atom stereocenters. The van der Waals surface area contributed by atoms with E-state index in [4.69, 9.17) is 21.1 Å². The van der Waals surface area contributed by atoms with E-state index in [1.165, 1.54) is 0 Å². The molecular weight excluding hydrogens is 356 g/mol. The van der Waals surface area contributed by atoms with Crippen LogP contribution in [0.15, 0.2) is 12.1 Å². The summed E-state index contributed by atoms with van der Waals surface area (Å²) in [5.41, 5.74) is -0.113. The van der Waals surface area contributed by atoms with Gasteiger partial charge in [0, 0.05) is 31.9 Å². The van der Waals surface area contributed by atoms with E-state index in [0.29, 0.717) is 48.2 Å². The van der Waals surface area contributed by atoms with Gasteiger partial charge in [-0.3, -0.25) is 9.59 Å². The zero-order valence-corrected chi connectivity index (χ0v) is 16.8. The maximum absolute atomic E-state index is 12.8. The minimum Gasteiger partial charge on any atom is -0.476 e. The van der Waals surface area contributed by atoms with Crippen molar-refractivity contribution in [2.75, 3.05) is 24.7 Å². The summed E-state index contributed by atoms with van der Waals surface area (Å²) >= 11 is 6.30. The Hall–Kier alpha value is -1.79. The highest BCUT2D eigenvalue weighted by atomic mass is 35.5. The maximum Gasteiger partial charge on any atom is 0.270 e. The van der Waals surface area contributed by atoms with Crippen LogP contribution in [0.4, 0.5) is 5.69 Å². The monoisotopic (exact) mass is 382 g/mol. The number of hydrogen-bond acceptors (Lipinski definition) is 4. The summed E-state index contributed by atoms with van der Waals surface area (Å²) in [6.07, 6.45) is 0.686. The Morgan fingerprint density at radius 2 is 2.08 bits per heavy atom. The third-order valence-corrected chi connectivity index (χ3v) is 4.32. The van der Waals surface area contributed by atoms with Crippen molar-refractivity contribution >= 4 is 29.1 Å². The van der Waals surface area contributed by atoms with Gasteiger partial charge >= 0.3 is 0 Å². The van der Waals surface area contributed by atoms with Gasteiger partial charge in [-0.2, -0.15) is 0 Å². The van der Waals surface area contributed by atoms with Crippen molar-refractivity contribution in [2.24, 2.45) is 0 Å². The van der Waals surface area contributed by atoms with Gasteiger partial charge in [0.2, 0.25) is 0 Å². The third-order valence-electron chi connectivity index (χ3n) is 4.00. The largest absolute Gasteiger partial charge is 0.476 e. The predicted octanol–water partition coefficient (Wildman–Crippen LogP) is 3.41. The number of benzene rings is 1. The minimum absolute atomic E-state index is 0.0197. The van der Waals surface area contributed by atoms with Crippen LogP contribution in [-0.4, -0.2) is 43.2 Å². The maximum atomic E-state index is 12.8. The number of carbonyl (C=O) groups excluding carboxylic acids is 2. The number of rotatable bonds is 7. The molecule has 2 rings (SSSR count). The highest BCUT2D eigenvalue weighted by molar-refractivity contribution is 6.34. The van der Waals surface area contributed by atoms with E-state index in [-0.39, 0.29) is 17.9 Å². The number of halogens is 1. The Morgan fingerprint density at radius 3 is 2.69 bits per heavy atom. The van der Waals surface area contributed by atoms with E-state index in [0.717, 1.165) is 0 Å². The third kappa shape index (κ3) is 4.48. The van der Waals surface area contributed by atoms with Gasteiger partial charge in [0.05, 0.1) is 16.3 Å². The molecule has 0 aromatic heterocycles. The second kappa shape index (κ2) is 8.27. The zero-order valence-electron chi connectivity index (χ0n) is 16.0. The molecule has 0 unspecified atom stereocenters. The number of nitrogens with zero attached hydrogens (tertiary/aromatic N) is 1. The lowest BCUT2D eigenvalue weighted by molar-refractivity contribution is -0.132. The molecule has 0 aliphatic carbocycles. The van der Waals surface area contributed by atoms with Crippen LogP contribution in [0.25, 0.3) is 0 Å². The summed E-state index contributed by atoms with van der Waals surface area (Å²) in [4.78, 5) is 26.9. The molecule has 2 amide bonds. The lowest BCUT2D eigenvalue weighted by Crippen LogP contribution is -2.53. The fourth-order valence-electron chi connectivity index (χ4n) is 2.79. The van der Waals surface area contributed by atoms with Crippen LogP contribution >= 0.6 is 11.6 Å². The Balaban J connectivity index is 2.38. The molecule has 1 N–H and O–H groups in total. The topological polar surface area (TPSA) is 67.9 Å². The molecule has 1 aromatic carbocycles. The number of hydrogen-bond donors (Lipinski definition) is 1. The SMILES string of the molecule is CCOCCCN1C(=O)C(C)(C)Oc2cc(Cl)c(C(=O)NC(C)C)cc21. The van der Waals surface area contributed by atoms with Crippen LogP contribution < -0.4 is 15.0 Å². The van der Waals surface area contributed by atoms with Crippen LogP contribution in [0.3, 0.4) is 0 Å². The second-order valence-corrected chi connectivity index (χ2v) is 7.45. The molecule has 1 heterocycles. The first kappa shape index (κ1) is 20.5. The molecule has 26 heavy (non-hydrogen) atoms. The Kier molecular flexibility index (Phi) is 6.53. The summed E-state index contributed by atoms with van der Waals surface area (Å²) in [6, 6.07) is 3.22. The second-order valence-electron chi connectivity index (χ2n) is 7.05. The summed E-state index contributed by atoms with van der Waals surface area (Å²) in [7, 11) is 0.